The lowest BCUT2D eigenvalue weighted by molar-refractivity contribution is -0.121. The van der Waals surface area contributed by atoms with E-state index >= 15 is 0 Å². The number of aryl methyl sites for hydroxylation is 1. The van der Waals surface area contributed by atoms with Crippen molar-refractivity contribution in [3.63, 3.8) is 0 Å². The second kappa shape index (κ2) is 10.2. The molecule has 1 heterocycles. The Hall–Kier alpha value is -2.48. The van der Waals surface area contributed by atoms with Crippen LogP contribution in [0.5, 0.6) is 0 Å². The van der Waals surface area contributed by atoms with E-state index in [9.17, 15) is 9.18 Å². The van der Waals surface area contributed by atoms with E-state index in [1.807, 2.05) is 18.5 Å². The lowest BCUT2D eigenvalue weighted by Gasteiger charge is -2.12. The van der Waals surface area contributed by atoms with Gasteiger partial charge in [0.2, 0.25) is 5.91 Å². The molecule has 0 atom stereocenters. The third-order valence-corrected chi connectivity index (χ3v) is 4.60. The summed E-state index contributed by atoms with van der Waals surface area (Å²) in [6.45, 7) is 9.64. The summed E-state index contributed by atoms with van der Waals surface area (Å²) in [6.07, 6.45) is 0.960. The summed E-state index contributed by atoms with van der Waals surface area (Å²) in [5.74, 6) is 0.0834. The number of hydrogen-bond donors (Lipinski definition) is 3. The van der Waals surface area contributed by atoms with Crippen molar-refractivity contribution >= 4 is 23.2 Å². The fraction of sp³-hybridized carbons (Fsp3) is 0.450. The van der Waals surface area contributed by atoms with Gasteiger partial charge in [0.1, 0.15) is 5.82 Å². The van der Waals surface area contributed by atoms with Crippen molar-refractivity contribution in [1.29, 1.82) is 0 Å². The minimum Gasteiger partial charge on any atom is -0.357 e. The third-order valence-electron chi connectivity index (χ3n) is 4.35. The van der Waals surface area contributed by atoms with Gasteiger partial charge in [0.05, 0.1) is 5.69 Å². The molecule has 6 nitrogen and oxygen atoms in total. The summed E-state index contributed by atoms with van der Waals surface area (Å²) in [7, 11) is 0. The average molecular weight is 406 g/mol. The number of halogens is 1. The Bertz CT molecular complexity index is 817. The zero-order chi connectivity index (χ0) is 20.7. The SMILES string of the molecule is Cc1nn(CC(C)C)c(C)c1CCC(=O)NNC(=S)NCc1ccc(F)cc1. The summed E-state index contributed by atoms with van der Waals surface area (Å²) in [4.78, 5) is 12.1. The fourth-order valence-corrected chi connectivity index (χ4v) is 3.00. The Morgan fingerprint density at radius 2 is 1.89 bits per heavy atom. The van der Waals surface area contributed by atoms with Crippen LogP contribution >= 0.6 is 12.2 Å². The lowest BCUT2D eigenvalue weighted by atomic mass is 10.1. The van der Waals surface area contributed by atoms with Gasteiger partial charge in [-0.2, -0.15) is 5.10 Å². The number of amides is 1. The highest BCUT2D eigenvalue weighted by molar-refractivity contribution is 7.80. The molecule has 8 heteroatoms. The third kappa shape index (κ3) is 6.60. The van der Waals surface area contributed by atoms with Crippen LogP contribution in [0.2, 0.25) is 0 Å². The van der Waals surface area contributed by atoms with Crippen LogP contribution in [-0.2, 0) is 24.3 Å². The van der Waals surface area contributed by atoms with Crippen LogP contribution < -0.4 is 16.2 Å². The first kappa shape index (κ1) is 21.8. The van der Waals surface area contributed by atoms with E-state index in [0.29, 0.717) is 30.4 Å². The molecule has 0 aliphatic carbocycles. The Kier molecular flexibility index (Phi) is 7.92. The maximum Gasteiger partial charge on any atom is 0.238 e. The molecule has 28 heavy (non-hydrogen) atoms. The van der Waals surface area contributed by atoms with Crippen molar-refractivity contribution in [2.45, 2.75) is 53.6 Å². The number of hydrogen-bond acceptors (Lipinski definition) is 3. The molecular formula is C20H28FN5OS. The average Bonchev–Trinajstić information content (AvgIpc) is 2.90. The van der Waals surface area contributed by atoms with Crippen molar-refractivity contribution in [3.8, 4) is 0 Å². The van der Waals surface area contributed by atoms with Gasteiger partial charge in [0.25, 0.3) is 0 Å². The standard InChI is InChI=1S/C20H28FN5OS/c1-13(2)12-26-15(4)18(14(3)25-26)9-10-19(27)23-24-20(28)22-11-16-5-7-17(21)8-6-16/h5-8,13H,9-12H2,1-4H3,(H,23,27)(H2,22,24,28). The largest absolute Gasteiger partial charge is 0.357 e. The Morgan fingerprint density at radius 3 is 2.54 bits per heavy atom. The van der Waals surface area contributed by atoms with Crippen LogP contribution in [0, 0.1) is 25.6 Å². The van der Waals surface area contributed by atoms with Crippen LogP contribution in [0.3, 0.4) is 0 Å². The summed E-state index contributed by atoms with van der Waals surface area (Å²) >= 11 is 5.14. The quantitative estimate of drug-likeness (QED) is 0.488. The van der Waals surface area contributed by atoms with E-state index in [1.54, 1.807) is 12.1 Å². The Morgan fingerprint density at radius 1 is 1.21 bits per heavy atom. The van der Waals surface area contributed by atoms with Gasteiger partial charge >= 0.3 is 0 Å². The molecule has 2 rings (SSSR count). The molecule has 0 aliphatic rings. The highest BCUT2D eigenvalue weighted by Gasteiger charge is 2.13. The molecule has 3 N–H and O–H groups in total. The molecular weight excluding hydrogens is 377 g/mol. The lowest BCUT2D eigenvalue weighted by Crippen LogP contribution is -2.46. The van der Waals surface area contributed by atoms with E-state index in [0.717, 1.165) is 29.1 Å². The number of benzene rings is 1. The predicted octanol–water partition coefficient (Wildman–Crippen LogP) is 2.92. The summed E-state index contributed by atoms with van der Waals surface area (Å²) < 4.78 is 14.9. The van der Waals surface area contributed by atoms with Crippen LogP contribution in [0.15, 0.2) is 24.3 Å². The van der Waals surface area contributed by atoms with E-state index in [-0.39, 0.29) is 11.7 Å². The minimum atomic E-state index is -0.281. The fourth-order valence-electron chi connectivity index (χ4n) is 2.88. The van der Waals surface area contributed by atoms with Gasteiger partial charge in [-0.1, -0.05) is 26.0 Å². The number of carbonyl (C=O) groups is 1. The van der Waals surface area contributed by atoms with E-state index in [2.05, 4.69) is 35.1 Å². The van der Waals surface area contributed by atoms with E-state index in [1.165, 1.54) is 12.1 Å². The number of hydrazine groups is 1. The second-order valence-corrected chi connectivity index (χ2v) is 7.62. The first-order valence-corrected chi connectivity index (χ1v) is 9.77. The monoisotopic (exact) mass is 405 g/mol. The molecule has 0 spiro atoms. The Balaban J connectivity index is 1.74. The van der Waals surface area contributed by atoms with Crippen LogP contribution in [0.25, 0.3) is 0 Å². The minimum absolute atomic E-state index is 0.152. The molecule has 0 radical (unpaired) electrons. The van der Waals surface area contributed by atoms with Gasteiger partial charge in [-0.15, -0.1) is 0 Å². The number of aromatic nitrogens is 2. The van der Waals surface area contributed by atoms with Gasteiger partial charge < -0.3 is 5.32 Å². The van der Waals surface area contributed by atoms with Crippen LogP contribution in [-0.4, -0.2) is 20.8 Å². The van der Waals surface area contributed by atoms with Crippen molar-refractivity contribution in [2.75, 3.05) is 0 Å². The number of thiocarbonyl (C=S) groups is 1. The number of carbonyl (C=O) groups excluding carboxylic acids is 1. The smallest absolute Gasteiger partial charge is 0.238 e. The molecule has 0 aliphatic heterocycles. The highest BCUT2D eigenvalue weighted by Crippen LogP contribution is 2.16. The van der Waals surface area contributed by atoms with Crippen molar-refractivity contribution in [3.05, 3.63) is 52.6 Å². The number of rotatable bonds is 7. The second-order valence-electron chi connectivity index (χ2n) is 7.21. The molecule has 0 fully saturated rings. The molecule has 1 amide bonds. The van der Waals surface area contributed by atoms with Gasteiger partial charge in [-0.05, 0) is 61.7 Å². The molecule has 1 aromatic carbocycles. The zero-order valence-electron chi connectivity index (χ0n) is 16.8. The first-order valence-electron chi connectivity index (χ1n) is 9.36. The summed E-state index contributed by atoms with van der Waals surface area (Å²) in [6, 6.07) is 6.13. The van der Waals surface area contributed by atoms with Crippen LogP contribution in [0.4, 0.5) is 4.39 Å². The van der Waals surface area contributed by atoms with Crippen LogP contribution in [0.1, 0.15) is 42.8 Å². The predicted molar refractivity (Wildman–Crippen MR) is 112 cm³/mol. The van der Waals surface area contributed by atoms with Gasteiger partial charge in [-0.25, -0.2) is 4.39 Å². The van der Waals surface area contributed by atoms with E-state index < -0.39 is 0 Å². The van der Waals surface area contributed by atoms with Gasteiger partial charge in [0.15, 0.2) is 5.11 Å². The van der Waals surface area contributed by atoms with Crippen molar-refractivity contribution in [2.24, 2.45) is 5.92 Å². The number of nitrogens with one attached hydrogen (secondary N) is 3. The summed E-state index contributed by atoms with van der Waals surface area (Å²) in [5.41, 5.74) is 9.37. The molecule has 2 aromatic rings. The Labute approximate surface area is 170 Å². The van der Waals surface area contributed by atoms with Gasteiger partial charge in [-0.3, -0.25) is 20.3 Å². The molecule has 1 aromatic heterocycles. The van der Waals surface area contributed by atoms with Gasteiger partial charge in [0, 0.05) is 25.2 Å². The molecule has 152 valence electrons. The highest BCUT2D eigenvalue weighted by atomic mass is 32.1. The molecule has 0 saturated heterocycles. The maximum atomic E-state index is 12.9. The zero-order valence-corrected chi connectivity index (χ0v) is 17.6. The topological polar surface area (TPSA) is 71.0 Å². The number of nitrogens with zero attached hydrogens (tertiary/aromatic N) is 2. The summed E-state index contributed by atoms with van der Waals surface area (Å²) in [5, 5.41) is 7.83. The molecule has 0 saturated carbocycles. The van der Waals surface area contributed by atoms with Crippen molar-refractivity contribution in [1.82, 2.24) is 25.9 Å². The van der Waals surface area contributed by atoms with E-state index in [4.69, 9.17) is 12.2 Å². The normalized spacial score (nSPS) is 10.8. The molecule has 0 bridgehead atoms. The molecule has 0 unspecified atom stereocenters. The van der Waals surface area contributed by atoms with Crippen molar-refractivity contribution < 1.29 is 9.18 Å². The maximum absolute atomic E-state index is 12.9. The first-order chi connectivity index (χ1) is 13.3.